The average Bonchev–Trinajstić information content (AvgIpc) is 3.11. The quantitative estimate of drug-likeness (QED) is 0.573. The molecule has 0 aromatic heterocycles. The molecule has 0 aliphatic heterocycles. The van der Waals surface area contributed by atoms with Crippen LogP contribution in [0.1, 0.15) is 0 Å². The van der Waals surface area contributed by atoms with E-state index in [0.717, 1.165) is 4.47 Å². The summed E-state index contributed by atoms with van der Waals surface area (Å²) in [6.07, 6.45) is 20.0. The molecule has 0 amide bonds. The van der Waals surface area contributed by atoms with Gasteiger partial charge in [-0.1, -0.05) is 0 Å². The summed E-state index contributed by atoms with van der Waals surface area (Å²) in [5.74, 6) is 0. The van der Waals surface area contributed by atoms with Crippen molar-refractivity contribution in [3.63, 3.8) is 0 Å². The summed E-state index contributed by atoms with van der Waals surface area (Å²) in [5.41, 5.74) is 0. The van der Waals surface area contributed by atoms with Crippen LogP contribution in [0.15, 0.2) is 28.7 Å². The zero-order chi connectivity index (χ0) is 13.1. The molecule has 1 aromatic rings. The molecule has 3 heteroatoms. The third-order valence-electron chi connectivity index (χ3n) is 1.92. The molecule has 0 saturated heterocycles. The first-order valence-electron chi connectivity index (χ1n) is 5.55. The van der Waals surface area contributed by atoms with Gasteiger partial charge in [0, 0.05) is 0 Å². The second kappa shape index (κ2) is 13.9. The maximum Gasteiger partial charge on any atom is 2.00 e. The van der Waals surface area contributed by atoms with E-state index in [9.17, 15) is 0 Å². The summed E-state index contributed by atoms with van der Waals surface area (Å²) in [5, 5.41) is 0. The molecule has 93 valence electrons. The molecule has 0 atom stereocenters. The molecule has 0 heterocycles. The van der Waals surface area contributed by atoms with E-state index in [1.165, 1.54) is 4.46 Å². The van der Waals surface area contributed by atoms with Gasteiger partial charge in [0.1, 0.15) is 0 Å². The SMILES string of the molecule is [CH]1[CH][CH][CH][CH]1.[CH]1[CH][CH][CH][CH]1.[Se]c1ccc(Br)cc1.[Ti+2]. The van der Waals surface area contributed by atoms with Crippen molar-refractivity contribution < 1.29 is 21.7 Å². The summed E-state index contributed by atoms with van der Waals surface area (Å²) >= 11 is 6.24. The van der Waals surface area contributed by atoms with E-state index in [4.69, 9.17) is 0 Å². The van der Waals surface area contributed by atoms with Gasteiger partial charge >= 0.3 is 86.9 Å². The van der Waals surface area contributed by atoms with E-state index in [1.807, 2.05) is 88.5 Å². The van der Waals surface area contributed by atoms with Gasteiger partial charge in [-0.25, -0.2) is 0 Å². The molecule has 3 rings (SSSR count). The van der Waals surface area contributed by atoms with Crippen LogP contribution in [0.4, 0.5) is 0 Å². The van der Waals surface area contributed by atoms with Gasteiger partial charge < -0.3 is 0 Å². The van der Waals surface area contributed by atoms with Crippen LogP contribution < -0.4 is 4.46 Å². The molecule has 19 heavy (non-hydrogen) atoms. The van der Waals surface area contributed by atoms with Crippen molar-refractivity contribution >= 4 is 36.4 Å². The van der Waals surface area contributed by atoms with Crippen molar-refractivity contribution in [3.05, 3.63) is 92.9 Å². The van der Waals surface area contributed by atoms with Crippen LogP contribution in [0.25, 0.3) is 0 Å². The van der Waals surface area contributed by atoms with Gasteiger partial charge in [-0.3, -0.25) is 0 Å². The van der Waals surface area contributed by atoms with Gasteiger partial charge in [0.15, 0.2) is 0 Å². The molecule has 1 aromatic carbocycles. The zero-order valence-corrected chi connectivity index (χ0v) is 15.2. The number of rotatable bonds is 0. The number of hydrogen-bond donors (Lipinski definition) is 0. The Kier molecular flexibility index (Phi) is 14.6. The van der Waals surface area contributed by atoms with E-state index >= 15 is 0 Å². The van der Waals surface area contributed by atoms with Gasteiger partial charge in [-0.05, 0) is 64.2 Å². The molecular formula is C16H14BrSeTi+2. The van der Waals surface area contributed by atoms with E-state index in [2.05, 4.69) is 31.9 Å². The first kappa shape index (κ1) is 19.9. The van der Waals surface area contributed by atoms with Crippen LogP contribution in [-0.2, 0) is 21.7 Å². The average molecular weight is 413 g/mol. The molecular weight excluding hydrogens is 399 g/mol. The van der Waals surface area contributed by atoms with Crippen molar-refractivity contribution in [1.82, 2.24) is 0 Å². The van der Waals surface area contributed by atoms with E-state index < -0.39 is 0 Å². The van der Waals surface area contributed by atoms with Crippen LogP contribution in [0.3, 0.4) is 0 Å². The molecule has 0 nitrogen and oxygen atoms in total. The van der Waals surface area contributed by atoms with Gasteiger partial charge in [0.25, 0.3) is 0 Å². The Balaban J connectivity index is 0.000000259. The monoisotopic (exact) mass is 413 g/mol. The summed E-state index contributed by atoms with van der Waals surface area (Å²) < 4.78 is 2.30. The summed E-state index contributed by atoms with van der Waals surface area (Å²) in [6, 6.07) is 8.05. The standard InChI is InChI=1S/C6H4BrSe.2C5H5.Ti/c7-5-1-3-6(8)4-2-5;2*1-2-4-5-3-1;/h1-4H;2*1-5H;/q;;;+2. The van der Waals surface area contributed by atoms with E-state index in [0.29, 0.717) is 0 Å². The Hall–Kier alpha value is 0.934. The van der Waals surface area contributed by atoms with Gasteiger partial charge in [-0.15, -0.1) is 0 Å². The second-order valence-electron chi connectivity index (χ2n) is 3.38. The number of benzene rings is 1. The minimum atomic E-state index is 0. The second-order valence-corrected chi connectivity index (χ2v) is 5.28. The van der Waals surface area contributed by atoms with Crippen molar-refractivity contribution in [1.29, 1.82) is 0 Å². The number of halogens is 1. The minimum absolute atomic E-state index is 0. The van der Waals surface area contributed by atoms with Crippen molar-refractivity contribution in [2.75, 3.05) is 0 Å². The molecule has 0 spiro atoms. The topological polar surface area (TPSA) is 0 Å². The summed E-state index contributed by atoms with van der Waals surface area (Å²) in [6.45, 7) is 0. The van der Waals surface area contributed by atoms with E-state index in [-0.39, 0.29) is 21.7 Å². The maximum atomic E-state index is 3.33. The van der Waals surface area contributed by atoms with Gasteiger partial charge in [0.05, 0.1) is 0 Å². The Morgan fingerprint density at radius 2 is 0.842 bits per heavy atom. The Morgan fingerprint density at radius 1 is 0.579 bits per heavy atom. The third-order valence-corrected chi connectivity index (χ3v) is 3.02. The molecule has 0 bridgehead atoms. The third kappa shape index (κ3) is 12.4. The van der Waals surface area contributed by atoms with Crippen LogP contribution in [-0.4, -0.2) is 16.0 Å². The Bertz CT molecular complexity index is 246. The summed E-state index contributed by atoms with van der Waals surface area (Å²) in [4.78, 5) is 0. The Labute approximate surface area is 150 Å². The molecule has 2 fully saturated rings. The fraction of sp³-hybridized carbons (Fsp3) is 0. The Morgan fingerprint density at radius 3 is 1.05 bits per heavy atom. The van der Waals surface area contributed by atoms with Crippen LogP contribution in [0.2, 0.25) is 0 Å². The molecule has 2 aliphatic carbocycles. The molecule has 0 N–H and O–H groups in total. The zero-order valence-electron chi connectivity index (χ0n) is 10.4. The van der Waals surface area contributed by atoms with Crippen LogP contribution >= 0.6 is 15.9 Å². The van der Waals surface area contributed by atoms with E-state index in [1.54, 1.807) is 0 Å². The number of hydrogen-bond acceptors (Lipinski definition) is 0. The normalized spacial score (nSPS) is 16.5. The first-order chi connectivity index (χ1) is 8.79. The largest absolute Gasteiger partial charge is 2.00 e. The molecule has 2 saturated carbocycles. The van der Waals surface area contributed by atoms with Crippen LogP contribution in [0, 0.1) is 64.2 Å². The van der Waals surface area contributed by atoms with Crippen molar-refractivity contribution in [2.45, 2.75) is 0 Å². The summed E-state index contributed by atoms with van der Waals surface area (Å²) in [7, 11) is 0. The predicted octanol–water partition coefficient (Wildman–Crippen LogP) is 3.28. The molecule has 11 radical (unpaired) electrons. The molecule has 0 unspecified atom stereocenters. The molecule has 2 aliphatic rings. The fourth-order valence-electron chi connectivity index (χ4n) is 1.08. The van der Waals surface area contributed by atoms with Gasteiger partial charge in [0.2, 0.25) is 0 Å². The van der Waals surface area contributed by atoms with Crippen molar-refractivity contribution in [3.8, 4) is 0 Å². The predicted molar refractivity (Wildman–Crippen MR) is 82.5 cm³/mol. The van der Waals surface area contributed by atoms with Crippen LogP contribution in [0.5, 0.6) is 0 Å². The first-order valence-corrected chi connectivity index (χ1v) is 7.20. The van der Waals surface area contributed by atoms with Gasteiger partial charge in [-0.2, -0.15) is 0 Å². The van der Waals surface area contributed by atoms with Crippen molar-refractivity contribution in [2.24, 2.45) is 0 Å². The maximum absolute atomic E-state index is 3.33. The fourth-order valence-corrected chi connectivity index (χ4v) is 1.63. The smallest absolute Gasteiger partial charge is 2.00 e. The minimum Gasteiger partial charge on any atom is 2.00 e.